The van der Waals surface area contributed by atoms with Crippen molar-refractivity contribution in [3.63, 3.8) is 0 Å². The lowest BCUT2D eigenvalue weighted by Gasteiger charge is -2.33. The van der Waals surface area contributed by atoms with Gasteiger partial charge < -0.3 is 15.2 Å². The van der Waals surface area contributed by atoms with Crippen molar-refractivity contribution < 1.29 is 0 Å². The van der Waals surface area contributed by atoms with E-state index in [2.05, 4.69) is 63.8 Å². The number of piperidine rings is 1. The van der Waals surface area contributed by atoms with Crippen LogP contribution in [0.5, 0.6) is 0 Å². The summed E-state index contributed by atoms with van der Waals surface area (Å²) in [6.07, 6.45) is 2.25. The number of nitrogens with zero attached hydrogens (tertiary/aromatic N) is 5. The molecular formula is C21H34IN7. The molecule has 2 aromatic rings. The number of benzene rings is 1. The molecule has 0 amide bonds. The van der Waals surface area contributed by atoms with Crippen LogP contribution in [0.3, 0.4) is 0 Å². The molecule has 1 aromatic heterocycles. The van der Waals surface area contributed by atoms with E-state index in [4.69, 9.17) is 4.99 Å². The molecule has 0 atom stereocenters. The van der Waals surface area contributed by atoms with E-state index >= 15 is 0 Å². The summed E-state index contributed by atoms with van der Waals surface area (Å²) < 4.78 is 1.98. The fourth-order valence-corrected chi connectivity index (χ4v) is 3.56. The monoisotopic (exact) mass is 511 g/mol. The summed E-state index contributed by atoms with van der Waals surface area (Å²) in [5.41, 5.74) is 2.74. The standard InChI is InChI=1S/C21H33N7.HI/c1-5-22-21(23-14-20-26-25-17(3)27(20)4)24-19-9-11-28(12-10-19)15-18-8-6-7-16(2)13-18;/h6-8,13,19H,5,9-12,14-15H2,1-4H3,(H2,22,23,24);1H. The summed E-state index contributed by atoms with van der Waals surface area (Å²) in [5, 5.41) is 15.2. The Morgan fingerprint density at radius 1 is 1.21 bits per heavy atom. The van der Waals surface area contributed by atoms with Gasteiger partial charge in [-0.2, -0.15) is 0 Å². The van der Waals surface area contributed by atoms with Crippen LogP contribution in [0, 0.1) is 13.8 Å². The highest BCUT2D eigenvalue weighted by molar-refractivity contribution is 14.0. The first kappa shape index (κ1) is 23.6. The van der Waals surface area contributed by atoms with Gasteiger partial charge in [-0.15, -0.1) is 34.2 Å². The Labute approximate surface area is 191 Å². The summed E-state index contributed by atoms with van der Waals surface area (Å²) in [6.45, 7) is 10.8. The molecule has 7 nitrogen and oxygen atoms in total. The summed E-state index contributed by atoms with van der Waals surface area (Å²) in [7, 11) is 1.98. The largest absolute Gasteiger partial charge is 0.357 e. The van der Waals surface area contributed by atoms with E-state index in [0.29, 0.717) is 12.6 Å². The zero-order valence-electron chi connectivity index (χ0n) is 18.0. The summed E-state index contributed by atoms with van der Waals surface area (Å²) in [4.78, 5) is 7.25. The van der Waals surface area contributed by atoms with E-state index in [1.807, 2.05) is 18.5 Å². The van der Waals surface area contributed by atoms with Gasteiger partial charge in [0.2, 0.25) is 0 Å². The lowest BCUT2D eigenvalue weighted by molar-refractivity contribution is 0.198. The molecule has 0 spiro atoms. The third-order valence-corrected chi connectivity index (χ3v) is 5.32. The summed E-state index contributed by atoms with van der Waals surface area (Å²) in [5.74, 6) is 2.65. The van der Waals surface area contributed by atoms with Crippen molar-refractivity contribution in [1.82, 2.24) is 30.3 Å². The van der Waals surface area contributed by atoms with Crippen LogP contribution in [0.25, 0.3) is 0 Å². The highest BCUT2D eigenvalue weighted by Crippen LogP contribution is 2.15. The summed E-state index contributed by atoms with van der Waals surface area (Å²) >= 11 is 0. The molecule has 1 aliphatic rings. The lowest BCUT2D eigenvalue weighted by atomic mass is 10.0. The quantitative estimate of drug-likeness (QED) is 0.355. The van der Waals surface area contributed by atoms with Gasteiger partial charge in [0.05, 0.1) is 0 Å². The first-order chi connectivity index (χ1) is 13.5. The molecule has 1 aromatic carbocycles. The number of halogens is 1. The SMILES string of the molecule is CCNC(=NCc1nnc(C)n1C)NC1CCN(Cc2cccc(C)c2)CC1.I. The molecule has 0 saturated carbocycles. The molecule has 2 N–H and O–H groups in total. The third-order valence-electron chi connectivity index (χ3n) is 5.32. The first-order valence-corrected chi connectivity index (χ1v) is 10.2. The molecule has 1 saturated heterocycles. The van der Waals surface area contributed by atoms with Crippen LogP contribution in [0.4, 0.5) is 0 Å². The molecule has 1 fully saturated rings. The Balaban J connectivity index is 0.00000300. The number of aryl methyl sites for hydroxylation is 2. The molecule has 8 heteroatoms. The minimum Gasteiger partial charge on any atom is -0.357 e. The van der Waals surface area contributed by atoms with Crippen molar-refractivity contribution in [2.45, 2.75) is 52.7 Å². The number of nitrogens with one attached hydrogen (secondary N) is 2. The van der Waals surface area contributed by atoms with Gasteiger partial charge >= 0.3 is 0 Å². The van der Waals surface area contributed by atoms with Crippen molar-refractivity contribution >= 4 is 29.9 Å². The number of hydrogen-bond acceptors (Lipinski definition) is 4. The predicted molar refractivity (Wildman–Crippen MR) is 129 cm³/mol. The first-order valence-electron chi connectivity index (χ1n) is 10.2. The van der Waals surface area contributed by atoms with Crippen molar-refractivity contribution in [3.8, 4) is 0 Å². The molecule has 0 bridgehead atoms. The Morgan fingerprint density at radius 2 is 1.97 bits per heavy atom. The molecular weight excluding hydrogens is 477 g/mol. The predicted octanol–water partition coefficient (Wildman–Crippen LogP) is 2.77. The van der Waals surface area contributed by atoms with Crippen molar-refractivity contribution in [3.05, 3.63) is 47.0 Å². The number of aromatic nitrogens is 3. The smallest absolute Gasteiger partial charge is 0.191 e. The fourth-order valence-electron chi connectivity index (χ4n) is 3.56. The minimum absolute atomic E-state index is 0. The number of aliphatic imine (C=N–C) groups is 1. The van der Waals surface area contributed by atoms with Crippen molar-refractivity contribution in [2.75, 3.05) is 19.6 Å². The highest BCUT2D eigenvalue weighted by Gasteiger charge is 2.20. The third kappa shape index (κ3) is 6.95. The van der Waals surface area contributed by atoms with E-state index < -0.39 is 0 Å². The maximum atomic E-state index is 4.71. The molecule has 1 aliphatic heterocycles. The van der Waals surface area contributed by atoms with Gasteiger partial charge in [-0.05, 0) is 39.2 Å². The number of rotatable bonds is 6. The van der Waals surface area contributed by atoms with Gasteiger partial charge in [0.15, 0.2) is 11.8 Å². The van der Waals surface area contributed by atoms with E-state index in [1.54, 1.807) is 0 Å². The van der Waals surface area contributed by atoms with Gasteiger partial charge in [0.25, 0.3) is 0 Å². The van der Waals surface area contributed by atoms with E-state index in [1.165, 1.54) is 11.1 Å². The van der Waals surface area contributed by atoms with Gasteiger partial charge in [0, 0.05) is 39.3 Å². The molecule has 0 aliphatic carbocycles. The Hall–Kier alpha value is -1.68. The second-order valence-corrected chi connectivity index (χ2v) is 7.60. The van der Waals surface area contributed by atoms with Gasteiger partial charge in [0.1, 0.15) is 12.4 Å². The molecule has 160 valence electrons. The van der Waals surface area contributed by atoms with Gasteiger partial charge in [-0.1, -0.05) is 29.8 Å². The van der Waals surface area contributed by atoms with Crippen LogP contribution >= 0.6 is 24.0 Å². The highest BCUT2D eigenvalue weighted by atomic mass is 127. The second kappa shape index (κ2) is 11.5. The average Bonchev–Trinajstić information content (AvgIpc) is 3.00. The van der Waals surface area contributed by atoms with Crippen LogP contribution in [-0.2, 0) is 20.1 Å². The fraction of sp³-hybridized carbons (Fsp3) is 0.571. The number of guanidine groups is 1. The zero-order valence-corrected chi connectivity index (χ0v) is 20.3. The van der Waals surface area contributed by atoms with Crippen molar-refractivity contribution in [1.29, 1.82) is 0 Å². The van der Waals surface area contributed by atoms with Crippen molar-refractivity contribution in [2.24, 2.45) is 12.0 Å². The zero-order chi connectivity index (χ0) is 19.9. The lowest BCUT2D eigenvalue weighted by Crippen LogP contribution is -2.48. The van der Waals surface area contributed by atoms with Crippen LogP contribution in [0.2, 0.25) is 0 Å². The van der Waals surface area contributed by atoms with E-state index in [-0.39, 0.29) is 24.0 Å². The average molecular weight is 511 g/mol. The maximum Gasteiger partial charge on any atom is 0.191 e. The normalized spacial score (nSPS) is 15.8. The van der Waals surface area contributed by atoms with Crippen LogP contribution in [0.1, 0.15) is 42.5 Å². The number of likely N-dealkylation sites (tertiary alicyclic amines) is 1. The second-order valence-electron chi connectivity index (χ2n) is 7.60. The van der Waals surface area contributed by atoms with Crippen LogP contribution < -0.4 is 10.6 Å². The van der Waals surface area contributed by atoms with Gasteiger partial charge in [-0.3, -0.25) is 4.90 Å². The van der Waals surface area contributed by atoms with Crippen LogP contribution in [-0.4, -0.2) is 51.3 Å². The Kier molecular flexibility index (Phi) is 9.35. The Morgan fingerprint density at radius 3 is 2.59 bits per heavy atom. The van der Waals surface area contributed by atoms with Gasteiger partial charge in [-0.25, -0.2) is 4.99 Å². The topological polar surface area (TPSA) is 70.4 Å². The van der Waals surface area contributed by atoms with E-state index in [0.717, 1.165) is 56.6 Å². The molecule has 29 heavy (non-hydrogen) atoms. The molecule has 2 heterocycles. The summed E-state index contributed by atoms with van der Waals surface area (Å²) in [6, 6.07) is 9.27. The Bertz CT molecular complexity index is 794. The maximum absolute atomic E-state index is 4.71. The molecule has 0 radical (unpaired) electrons. The van der Waals surface area contributed by atoms with Crippen LogP contribution in [0.15, 0.2) is 29.3 Å². The molecule has 3 rings (SSSR count). The molecule has 0 unspecified atom stereocenters. The minimum atomic E-state index is 0. The number of hydrogen-bond donors (Lipinski definition) is 2. The van der Waals surface area contributed by atoms with E-state index in [9.17, 15) is 0 Å².